The van der Waals surface area contributed by atoms with Gasteiger partial charge in [0.1, 0.15) is 6.10 Å². The second-order valence-corrected chi connectivity index (χ2v) is 11.8. The Morgan fingerprint density at radius 1 is 0.906 bits per heavy atom. The molecule has 5 nitrogen and oxygen atoms in total. The van der Waals surface area contributed by atoms with Crippen LogP contribution in [-0.2, 0) is 19.1 Å². The minimum Gasteiger partial charge on any atom is -0.463 e. The van der Waals surface area contributed by atoms with Crippen LogP contribution in [0.15, 0.2) is 11.3 Å². The largest absolute Gasteiger partial charge is 0.463 e. The van der Waals surface area contributed by atoms with Gasteiger partial charge < -0.3 is 4.74 Å². The third-order valence-corrected chi connectivity index (χ3v) is 10.6. The number of amides is 2. The molecule has 7 atom stereocenters. The van der Waals surface area contributed by atoms with Crippen LogP contribution >= 0.6 is 0 Å². The standard InChI is InChI=1S/C27H39NO4/c1-16(28-24(30)9-10-25(28)31)21-7-8-22-20-6-5-18-15-19(32-17(2)29)11-13-26(18,3)23(20)12-14-27(21,22)4/h18-20,22-23H,5-15H2,1-4H3. The van der Waals surface area contributed by atoms with Crippen molar-refractivity contribution in [1.82, 2.24) is 4.90 Å². The average molecular weight is 442 g/mol. The summed E-state index contributed by atoms with van der Waals surface area (Å²) in [5.41, 5.74) is 2.80. The summed E-state index contributed by atoms with van der Waals surface area (Å²) in [6, 6.07) is 0. The van der Waals surface area contributed by atoms with E-state index in [2.05, 4.69) is 13.8 Å². The Balaban J connectivity index is 1.39. The molecule has 4 aliphatic carbocycles. The summed E-state index contributed by atoms with van der Waals surface area (Å²) < 4.78 is 5.61. The number of hydrogen-bond donors (Lipinski definition) is 0. The summed E-state index contributed by atoms with van der Waals surface area (Å²) in [6.07, 6.45) is 11.2. The van der Waals surface area contributed by atoms with Crippen LogP contribution in [0, 0.1) is 34.5 Å². The maximum absolute atomic E-state index is 12.4. The van der Waals surface area contributed by atoms with Crippen LogP contribution in [0.4, 0.5) is 0 Å². The Labute approximate surface area is 192 Å². The van der Waals surface area contributed by atoms with Gasteiger partial charge in [-0.2, -0.15) is 0 Å². The van der Waals surface area contributed by atoms with Gasteiger partial charge in [0.25, 0.3) is 0 Å². The third-order valence-electron chi connectivity index (χ3n) is 10.6. The van der Waals surface area contributed by atoms with E-state index in [0.717, 1.165) is 43.2 Å². The lowest BCUT2D eigenvalue weighted by Crippen LogP contribution is -2.53. The van der Waals surface area contributed by atoms with Crippen molar-refractivity contribution in [2.45, 2.75) is 104 Å². The molecule has 1 aliphatic heterocycles. The lowest BCUT2D eigenvalue weighted by Gasteiger charge is -2.60. The molecule has 0 aromatic carbocycles. The molecule has 5 fully saturated rings. The number of imide groups is 1. The number of allylic oxidation sites excluding steroid dienone is 2. The summed E-state index contributed by atoms with van der Waals surface area (Å²) in [5.74, 6) is 2.61. The van der Waals surface area contributed by atoms with Gasteiger partial charge in [0, 0.05) is 25.5 Å². The Kier molecular flexibility index (Phi) is 5.33. The van der Waals surface area contributed by atoms with Crippen molar-refractivity contribution in [3.8, 4) is 0 Å². The fraction of sp³-hybridized carbons (Fsp3) is 0.815. The first kappa shape index (κ1) is 22.2. The SMILES string of the molecule is CC(=O)OC1CCC2(C)C(CCC3C4CCC(=C(C)N5C(=O)CCC5=O)C4(C)CCC32)C1. The fourth-order valence-electron chi connectivity index (χ4n) is 9.05. The second-order valence-electron chi connectivity index (χ2n) is 11.8. The van der Waals surface area contributed by atoms with Crippen LogP contribution in [0.2, 0.25) is 0 Å². The molecule has 5 heteroatoms. The highest BCUT2D eigenvalue weighted by Crippen LogP contribution is 2.67. The van der Waals surface area contributed by atoms with Crippen molar-refractivity contribution in [2.24, 2.45) is 34.5 Å². The highest BCUT2D eigenvalue weighted by Gasteiger charge is 2.59. The summed E-state index contributed by atoms with van der Waals surface area (Å²) in [4.78, 5) is 37.8. The van der Waals surface area contributed by atoms with E-state index in [9.17, 15) is 14.4 Å². The van der Waals surface area contributed by atoms with E-state index < -0.39 is 0 Å². The summed E-state index contributed by atoms with van der Waals surface area (Å²) in [5, 5.41) is 0. The van der Waals surface area contributed by atoms with Gasteiger partial charge in [0.05, 0.1) is 0 Å². The van der Waals surface area contributed by atoms with E-state index in [-0.39, 0.29) is 29.3 Å². The molecule has 5 aliphatic rings. The number of rotatable bonds is 2. The second kappa shape index (κ2) is 7.70. The lowest BCUT2D eigenvalue weighted by molar-refractivity contribution is -0.158. The molecule has 4 saturated carbocycles. The van der Waals surface area contributed by atoms with Crippen molar-refractivity contribution < 1.29 is 19.1 Å². The van der Waals surface area contributed by atoms with Gasteiger partial charge >= 0.3 is 5.97 Å². The van der Waals surface area contributed by atoms with Crippen molar-refractivity contribution in [2.75, 3.05) is 0 Å². The quantitative estimate of drug-likeness (QED) is 0.426. The molecule has 7 unspecified atom stereocenters. The molecule has 0 bridgehead atoms. The highest BCUT2D eigenvalue weighted by molar-refractivity contribution is 6.03. The van der Waals surface area contributed by atoms with Gasteiger partial charge in [-0.15, -0.1) is 0 Å². The maximum Gasteiger partial charge on any atom is 0.302 e. The molecular formula is C27H39NO4. The molecule has 176 valence electrons. The number of ether oxygens (including phenoxy) is 1. The van der Waals surface area contributed by atoms with E-state index in [0.29, 0.717) is 30.1 Å². The first-order chi connectivity index (χ1) is 15.1. The predicted molar refractivity (Wildman–Crippen MR) is 121 cm³/mol. The van der Waals surface area contributed by atoms with Crippen LogP contribution in [0.1, 0.15) is 98.3 Å². The monoisotopic (exact) mass is 441 g/mol. The van der Waals surface area contributed by atoms with Crippen molar-refractivity contribution in [1.29, 1.82) is 0 Å². The highest BCUT2D eigenvalue weighted by atomic mass is 16.5. The molecule has 0 N–H and O–H groups in total. The number of carbonyl (C=O) groups excluding carboxylic acids is 3. The number of hydrogen-bond acceptors (Lipinski definition) is 4. The van der Waals surface area contributed by atoms with Crippen molar-refractivity contribution >= 4 is 17.8 Å². The van der Waals surface area contributed by atoms with Gasteiger partial charge in [-0.05, 0) is 105 Å². The topological polar surface area (TPSA) is 63.7 Å². The average Bonchev–Trinajstić information content (AvgIpc) is 3.26. The zero-order valence-electron chi connectivity index (χ0n) is 20.2. The molecule has 0 aromatic rings. The van der Waals surface area contributed by atoms with Crippen molar-refractivity contribution in [3.05, 3.63) is 11.3 Å². The first-order valence-corrected chi connectivity index (χ1v) is 12.9. The molecule has 1 heterocycles. The maximum atomic E-state index is 12.4. The van der Waals surface area contributed by atoms with E-state index in [4.69, 9.17) is 4.74 Å². The van der Waals surface area contributed by atoms with Crippen LogP contribution in [0.25, 0.3) is 0 Å². The molecule has 1 saturated heterocycles. The number of esters is 1. The van der Waals surface area contributed by atoms with Crippen molar-refractivity contribution in [3.63, 3.8) is 0 Å². The summed E-state index contributed by atoms with van der Waals surface area (Å²) in [6.45, 7) is 8.50. The number of fused-ring (bicyclic) bond motifs is 5. The summed E-state index contributed by atoms with van der Waals surface area (Å²) in [7, 11) is 0. The van der Waals surface area contributed by atoms with Crippen LogP contribution in [0.3, 0.4) is 0 Å². The minimum absolute atomic E-state index is 0.0155. The lowest BCUT2D eigenvalue weighted by atomic mass is 9.45. The predicted octanol–water partition coefficient (Wildman–Crippen LogP) is 5.38. The number of likely N-dealkylation sites (tertiary alicyclic amines) is 1. The smallest absolute Gasteiger partial charge is 0.302 e. The van der Waals surface area contributed by atoms with Gasteiger partial charge in [-0.25, -0.2) is 0 Å². The van der Waals surface area contributed by atoms with Gasteiger partial charge in [0.2, 0.25) is 11.8 Å². The molecule has 0 radical (unpaired) electrons. The van der Waals surface area contributed by atoms with E-state index >= 15 is 0 Å². The van der Waals surface area contributed by atoms with Gasteiger partial charge in [0.15, 0.2) is 0 Å². The van der Waals surface area contributed by atoms with E-state index in [1.807, 2.05) is 6.92 Å². The molecule has 2 amide bonds. The zero-order chi connectivity index (χ0) is 22.8. The van der Waals surface area contributed by atoms with Crippen LogP contribution in [-0.4, -0.2) is 28.8 Å². The van der Waals surface area contributed by atoms with E-state index in [1.54, 1.807) is 0 Å². The van der Waals surface area contributed by atoms with Gasteiger partial charge in [-0.1, -0.05) is 13.8 Å². The number of nitrogens with zero attached hydrogens (tertiary/aromatic N) is 1. The molecule has 32 heavy (non-hydrogen) atoms. The Morgan fingerprint density at radius 3 is 2.31 bits per heavy atom. The van der Waals surface area contributed by atoms with Crippen LogP contribution in [0.5, 0.6) is 0 Å². The van der Waals surface area contributed by atoms with Gasteiger partial charge in [-0.3, -0.25) is 19.3 Å². The fourth-order valence-corrected chi connectivity index (χ4v) is 9.05. The first-order valence-electron chi connectivity index (χ1n) is 12.9. The Bertz CT molecular complexity index is 861. The van der Waals surface area contributed by atoms with E-state index in [1.165, 1.54) is 49.5 Å². The molecule has 5 rings (SSSR count). The minimum atomic E-state index is -0.142. The molecular weight excluding hydrogens is 402 g/mol. The number of carbonyl (C=O) groups is 3. The Hall–Kier alpha value is -1.65. The summed E-state index contributed by atoms with van der Waals surface area (Å²) >= 11 is 0. The van der Waals surface area contributed by atoms with Crippen LogP contribution < -0.4 is 0 Å². The zero-order valence-corrected chi connectivity index (χ0v) is 20.2. The Morgan fingerprint density at radius 2 is 1.62 bits per heavy atom. The molecule has 0 spiro atoms. The molecule has 0 aromatic heterocycles. The third kappa shape index (κ3) is 3.20. The normalized spacial score (nSPS) is 45.2.